The summed E-state index contributed by atoms with van der Waals surface area (Å²) in [4.78, 5) is 21.1. The van der Waals surface area contributed by atoms with Gasteiger partial charge in [-0.05, 0) is 71.8 Å². The topological polar surface area (TPSA) is 82.1 Å². The zero-order valence-electron chi connectivity index (χ0n) is 21.3. The molecule has 0 aliphatic heterocycles. The SMILES string of the molecule is COc1ccc(CCl)cc1.COc1ccc(COc2ccc(Br)c(C=O)c2)cc1.O=Cc1cc(O)ccc1Br. The number of phenolic OH excluding ortho intramolecular Hbond substituents is 1. The predicted molar refractivity (Wildman–Crippen MR) is 161 cm³/mol. The predicted octanol–water partition coefficient (Wildman–Crippen LogP) is 8.25. The van der Waals surface area contributed by atoms with Crippen LogP contribution in [0.3, 0.4) is 0 Å². The van der Waals surface area contributed by atoms with E-state index in [0.29, 0.717) is 40.1 Å². The summed E-state index contributed by atoms with van der Waals surface area (Å²) in [5.74, 6) is 3.01. The first kappa shape index (κ1) is 31.9. The van der Waals surface area contributed by atoms with Crippen molar-refractivity contribution < 1.29 is 28.9 Å². The van der Waals surface area contributed by atoms with Gasteiger partial charge in [0.1, 0.15) is 29.6 Å². The molecule has 0 fully saturated rings. The third kappa shape index (κ3) is 11.1. The molecule has 204 valence electrons. The molecule has 39 heavy (non-hydrogen) atoms. The van der Waals surface area contributed by atoms with Gasteiger partial charge in [-0.25, -0.2) is 0 Å². The van der Waals surface area contributed by atoms with E-state index in [4.69, 9.17) is 30.9 Å². The Kier molecular flexibility index (Phi) is 14.1. The minimum atomic E-state index is 0.102. The Labute approximate surface area is 249 Å². The molecule has 0 atom stereocenters. The van der Waals surface area contributed by atoms with Crippen LogP contribution >= 0.6 is 43.5 Å². The molecule has 4 aromatic rings. The molecule has 0 radical (unpaired) electrons. The van der Waals surface area contributed by atoms with Gasteiger partial charge in [-0.15, -0.1) is 11.6 Å². The number of ether oxygens (including phenoxy) is 3. The van der Waals surface area contributed by atoms with Gasteiger partial charge in [0.2, 0.25) is 0 Å². The van der Waals surface area contributed by atoms with E-state index in [0.717, 1.165) is 33.4 Å². The number of carbonyl (C=O) groups is 2. The number of aromatic hydroxyl groups is 1. The van der Waals surface area contributed by atoms with Crippen molar-refractivity contribution in [3.8, 4) is 23.0 Å². The van der Waals surface area contributed by atoms with Crippen molar-refractivity contribution in [1.29, 1.82) is 0 Å². The Balaban J connectivity index is 0.000000225. The van der Waals surface area contributed by atoms with Crippen molar-refractivity contribution in [3.63, 3.8) is 0 Å². The summed E-state index contributed by atoms with van der Waals surface area (Å²) in [5, 5.41) is 8.89. The summed E-state index contributed by atoms with van der Waals surface area (Å²) in [6.45, 7) is 0.448. The lowest BCUT2D eigenvalue weighted by Gasteiger charge is -2.08. The van der Waals surface area contributed by atoms with Crippen molar-refractivity contribution in [2.45, 2.75) is 12.5 Å². The van der Waals surface area contributed by atoms with E-state index in [1.165, 1.54) is 12.1 Å². The van der Waals surface area contributed by atoms with E-state index >= 15 is 0 Å². The Morgan fingerprint density at radius 2 is 1.15 bits per heavy atom. The fraction of sp³-hybridized carbons (Fsp3) is 0.133. The third-order valence-corrected chi connectivity index (χ3v) is 6.83. The lowest BCUT2D eigenvalue weighted by Crippen LogP contribution is -1.96. The van der Waals surface area contributed by atoms with E-state index in [-0.39, 0.29) is 5.75 Å². The second kappa shape index (κ2) is 17.3. The fourth-order valence-electron chi connectivity index (χ4n) is 2.93. The second-order valence-corrected chi connectivity index (χ2v) is 9.72. The van der Waals surface area contributed by atoms with E-state index in [9.17, 15) is 9.59 Å². The molecule has 0 heterocycles. The van der Waals surface area contributed by atoms with E-state index in [1.54, 1.807) is 32.4 Å². The van der Waals surface area contributed by atoms with Gasteiger partial charge >= 0.3 is 0 Å². The minimum Gasteiger partial charge on any atom is -0.508 e. The number of methoxy groups -OCH3 is 2. The quantitative estimate of drug-likeness (QED) is 0.149. The molecule has 0 aliphatic rings. The van der Waals surface area contributed by atoms with Crippen molar-refractivity contribution in [1.82, 2.24) is 0 Å². The van der Waals surface area contributed by atoms with E-state index < -0.39 is 0 Å². The van der Waals surface area contributed by atoms with E-state index in [2.05, 4.69) is 31.9 Å². The Bertz CT molecular complexity index is 1310. The Morgan fingerprint density at radius 3 is 1.62 bits per heavy atom. The largest absolute Gasteiger partial charge is 0.508 e. The van der Waals surface area contributed by atoms with Gasteiger partial charge in [-0.1, -0.05) is 56.1 Å². The Morgan fingerprint density at radius 1 is 0.692 bits per heavy atom. The van der Waals surface area contributed by atoms with Crippen LogP contribution in [-0.4, -0.2) is 31.9 Å². The van der Waals surface area contributed by atoms with Crippen LogP contribution in [0.1, 0.15) is 31.8 Å². The molecule has 0 aliphatic carbocycles. The van der Waals surface area contributed by atoms with Crippen LogP contribution in [0.5, 0.6) is 23.0 Å². The van der Waals surface area contributed by atoms with Crippen LogP contribution in [0, 0.1) is 0 Å². The number of aldehydes is 2. The number of carbonyl (C=O) groups excluding carboxylic acids is 2. The fourth-order valence-corrected chi connectivity index (χ4v) is 3.78. The van der Waals surface area contributed by atoms with Crippen molar-refractivity contribution in [3.05, 3.63) is 116 Å². The number of alkyl halides is 1. The molecular weight excluding hydrogens is 652 g/mol. The number of hydrogen-bond donors (Lipinski definition) is 1. The first-order chi connectivity index (χ1) is 18.8. The van der Waals surface area contributed by atoms with Crippen LogP contribution < -0.4 is 14.2 Å². The maximum atomic E-state index is 10.8. The minimum absolute atomic E-state index is 0.102. The highest BCUT2D eigenvalue weighted by Crippen LogP contribution is 2.22. The van der Waals surface area contributed by atoms with Gasteiger partial charge in [-0.3, -0.25) is 9.59 Å². The number of rotatable bonds is 8. The highest BCUT2D eigenvalue weighted by Gasteiger charge is 2.02. The summed E-state index contributed by atoms with van der Waals surface area (Å²) < 4.78 is 17.2. The van der Waals surface area contributed by atoms with Crippen LogP contribution in [0.2, 0.25) is 0 Å². The van der Waals surface area contributed by atoms with Crippen molar-refractivity contribution in [2.24, 2.45) is 0 Å². The molecule has 0 saturated carbocycles. The maximum absolute atomic E-state index is 10.8. The molecule has 0 unspecified atom stereocenters. The van der Waals surface area contributed by atoms with Crippen LogP contribution in [0.15, 0.2) is 93.9 Å². The van der Waals surface area contributed by atoms with Gasteiger partial charge in [-0.2, -0.15) is 0 Å². The van der Waals surface area contributed by atoms with Crippen LogP contribution in [0.4, 0.5) is 0 Å². The van der Waals surface area contributed by atoms with Gasteiger partial charge in [0.25, 0.3) is 0 Å². The molecule has 1 N–H and O–H groups in total. The molecule has 4 aromatic carbocycles. The standard InChI is InChI=1S/C15H13BrO3.C8H9ClO.C7H5BrO2/c1-18-13-4-2-11(3-5-13)10-19-14-6-7-15(16)12(8-14)9-17;1-10-8-4-2-7(6-9)3-5-8;8-7-2-1-6(10)3-5(7)4-9/h2-9H,10H2,1H3;2-5H,6H2,1H3;1-4,10H. The molecule has 9 heteroatoms. The van der Waals surface area contributed by atoms with Crippen LogP contribution in [-0.2, 0) is 12.5 Å². The van der Waals surface area contributed by atoms with Gasteiger partial charge < -0.3 is 19.3 Å². The second-order valence-electron chi connectivity index (χ2n) is 7.74. The summed E-state index contributed by atoms with van der Waals surface area (Å²) in [6.07, 6.45) is 1.48. The van der Waals surface area contributed by atoms with E-state index in [1.807, 2.05) is 54.6 Å². The number of hydrogen-bond acceptors (Lipinski definition) is 6. The van der Waals surface area contributed by atoms with Gasteiger partial charge in [0.05, 0.1) is 14.2 Å². The average molecular weight is 679 g/mol. The summed E-state index contributed by atoms with van der Waals surface area (Å²) in [5.41, 5.74) is 3.19. The van der Waals surface area contributed by atoms with Crippen LogP contribution in [0.25, 0.3) is 0 Å². The summed E-state index contributed by atoms with van der Waals surface area (Å²) in [6, 6.07) is 25.2. The molecular formula is C30H27Br2ClO6. The lowest BCUT2D eigenvalue weighted by molar-refractivity contribution is 0.111. The number of benzene rings is 4. The van der Waals surface area contributed by atoms with Crippen molar-refractivity contribution >= 4 is 56.0 Å². The zero-order chi connectivity index (χ0) is 28.6. The smallest absolute Gasteiger partial charge is 0.151 e. The molecule has 0 spiro atoms. The normalized spacial score (nSPS) is 9.67. The number of phenols is 1. The van der Waals surface area contributed by atoms with Crippen molar-refractivity contribution in [2.75, 3.05) is 14.2 Å². The number of halogens is 3. The molecule has 0 aromatic heterocycles. The monoisotopic (exact) mass is 676 g/mol. The zero-order valence-corrected chi connectivity index (χ0v) is 25.2. The lowest BCUT2D eigenvalue weighted by atomic mass is 10.2. The first-order valence-electron chi connectivity index (χ1n) is 11.5. The highest BCUT2D eigenvalue weighted by molar-refractivity contribution is 9.10. The average Bonchev–Trinajstić information content (AvgIpc) is 2.98. The summed E-state index contributed by atoms with van der Waals surface area (Å²) >= 11 is 12.0. The molecule has 4 rings (SSSR count). The molecule has 6 nitrogen and oxygen atoms in total. The molecule has 0 saturated heterocycles. The van der Waals surface area contributed by atoms with Gasteiger partial charge in [0, 0.05) is 26.0 Å². The van der Waals surface area contributed by atoms with Gasteiger partial charge in [0.15, 0.2) is 12.6 Å². The third-order valence-electron chi connectivity index (χ3n) is 5.08. The maximum Gasteiger partial charge on any atom is 0.151 e. The molecule has 0 amide bonds. The molecule has 0 bridgehead atoms. The Hall–Kier alpha value is -3.33. The highest BCUT2D eigenvalue weighted by atomic mass is 79.9. The summed E-state index contributed by atoms with van der Waals surface area (Å²) in [7, 11) is 3.28. The first-order valence-corrected chi connectivity index (χ1v) is 13.6.